The highest BCUT2D eigenvalue weighted by Crippen LogP contribution is 2.40. The van der Waals surface area contributed by atoms with Crippen LogP contribution in [0.3, 0.4) is 0 Å². The van der Waals surface area contributed by atoms with Crippen molar-refractivity contribution < 1.29 is 4.79 Å². The maximum Gasteiger partial charge on any atom is 0.225 e. The Morgan fingerprint density at radius 1 is 1.35 bits per heavy atom. The molecular formula is C17H22N2O. The molecule has 0 saturated heterocycles. The number of para-hydroxylation sites is 1. The van der Waals surface area contributed by atoms with Gasteiger partial charge in [-0.15, -0.1) is 0 Å². The molecule has 1 aliphatic heterocycles. The van der Waals surface area contributed by atoms with Gasteiger partial charge in [-0.25, -0.2) is 0 Å². The van der Waals surface area contributed by atoms with Crippen molar-refractivity contribution in [2.45, 2.75) is 50.6 Å². The molecule has 1 amide bonds. The van der Waals surface area contributed by atoms with Crippen LogP contribution < -0.4 is 10.6 Å². The van der Waals surface area contributed by atoms with E-state index in [1.807, 2.05) is 6.07 Å². The van der Waals surface area contributed by atoms with Crippen LogP contribution in [0.1, 0.15) is 44.1 Å². The molecule has 1 aliphatic carbocycles. The van der Waals surface area contributed by atoms with Crippen LogP contribution in [0.25, 0.3) is 0 Å². The zero-order valence-corrected chi connectivity index (χ0v) is 12.0. The fourth-order valence-electron chi connectivity index (χ4n) is 3.64. The average Bonchev–Trinajstić information content (AvgIpc) is 2.47. The van der Waals surface area contributed by atoms with Crippen LogP contribution in [-0.2, 0) is 4.79 Å². The van der Waals surface area contributed by atoms with Crippen molar-refractivity contribution in [1.82, 2.24) is 0 Å². The van der Waals surface area contributed by atoms with Crippen molar-refractivity contribution in [3.8, 4) is 0 Å². The molecule has 0 unspecified atom stereocenters. The first kappa shape index (κ1) is 13.2. The van der Waals surface area contributed by atoms with Crippen LogP contribution in [0.2, 0.25) is 0 Å². The smallest absolute Gasteiger partial charge is 0.225 e. The van der Waals surface area contributed by atoms with Crippen molar-refractivity contribution in [1.29, 1.82) is 0 Å². The molecule has 0 aromatic heterocycles. The monoisotopic (exact) mass is 270 g/mol. The topological polar surface area (TPSA) is 46.3 Å². The summed E-state index contributed by atoms with van der Waals surface area (Å²) in [6.45, 7) is 2.20. The second kappa shape index (κ2) is 5.31. The molecule has 3 rings (SSSR count). The van der Waals surface area contributed by atoms with Gasteiger partial charge in [-0.05, 0) is 44.2 Å². The maximum atomic E-state index is 11.7. The van der Waals surface area contributed by atoms with Gasteiger partial charge in [0.1, 0.15) is 0 Å². The van der Waals surface area contributed by atoms with Gasteiger partial charge in [0.05, 0.1) is 5.92 Å². The zero-order valence-electron chi connectivity index (χ0n) is 12.0. The van der Waals surface area contributed by atoms with E-state index in [-0.39, 0.29) is 11.8 Å². The Kier molecular flexibility index (Phi) is 3.51. The van der Waals surface area contributed by atoms with E-state index in [9.17, 15) is 4.79 Å². The number of nitrogens with zero attached hydrogens (tertiary/aromatic N) is 1. The minimum absolute atomic E-state index is 0.148. The van der Waals surface area contributed by atoms with Crippen LogP contribution in [0, 0.1) is 0 Å². The third-order valence-corrected chi connectivity index (χ3v) is 4.57. The maximum absolute atomic E-state index is 11.7. The van der Waals surface area contributed by atoms with E-state index in [0.717, 1.165) is 12.0 Å². The van der Waals surface area contributed by atoms with Crippen LogP contribution in [0.5, 0.6) is 0 Å². The number of primary amides is 1. The van der Waals surface area contributed by atoms with Gasteiger partial charge in [0.25, 0.3) is 0 Å². The summed E-state index contributed by atoms with van der Waals surface area (Å²) in [5.41, 5.74) is 7.88. The third kappa shape index (κ3) is 2.21. The second-order valence-electron chi connectivity index (χ2n) is 5.93. The van der Waals surface area contributed by atoms with Crippen molar-refractivity contribution in [2.75, 3.05) is 4.90 Å². The molecule has 3 heteroatoms. The lowest BCUT2D eigenvalue weighted by Crippen LogP contribution is -2.47. The molecule has 2 aliphatic rings. The summed E-state index contributed by atoms with van der Waals surface area (Å²) in [5.74, 6) is -0.354. The number of carbonyl (C=O) groups is 1. The van der Waals surface area contributed by atoms with E-state index in [1.165, 1.54) is 24.9 Å². The molecule has 20 heavy (non-hydrogen) atoms. The van der Waals surface area contributed by atoms with E-state index >= 15 is 0 Å². The van der Waals surface area contributed by atoms with Crippen LogP contribution >= 0.6 is 0 Å². The summed E-state index contributed by atoms with van der Waals surface area (Å²) in [6, 6.07) is 9.03. The number of rotatable bonds is 2. The molecule has 3 nitrogen and oxygen atoms in total. The fraction of sp³-hybridized carbons (Fsp3) is 0.471. The summed E-state index contributed by atoms with van der Waals surface area (Å²) in [6.07, 6.45) is 9.04. The van der Waals surface area contributed by atoms with Gasteiger partial charge in [-0.1, -0.05) is 30.4 Å². The predicted octanol–water partition coefficient (Wildman–Crippen LogP) is 2.96. The normalized spacial score (nSPS) is 29.1. The first-order valence-electron chi connectivity index (χ1n) is 7.51. The average molecular weight is 270 g/mol. The van der Waals surface area contributed by atoms with E-state index in [4.69, 9.17) is 5.73 Å². The quantitative estimate of drug-likeness (QED) is 0.840. The summed E-state index contributed by atoms with van der Waals surface area (Å²) in [4.78, 5) is 14.2. The molecule has 0 bridgehead atoms. The predicted molar refractivity (Wildman–Crippen MR) is 81.7 cm³/mol. The van der Waals surface area contributed by atoms with Gasteiger partial charge in [0.2, 0.25) is 5.91 Å². The number of allylic oxidation sites excluding steroid dienone is 1. The first-order valence-corrected chi connectivity index (χ1v) is 7.51. The van der Waals surface area contributed by atoms with Crippen LogP contribution in [0.4, 0.5) is 5.69 Å². The van der Waals surface area contributed by atoms with Gasteiger partial charge in [0, 0.05) is 17.8 Å². The van der Waals surface area contributed by atoms with Crippen molar-refractivity contribution in [3.63, 3.8) is 0 Å². The Hall–Kier alpha value is -1.77. The summed E-state index contributed by atoms with van der Waals surface area (Å²) in [7, 11) is 0. The molecule has 1 aromatic rings. The molecule has 0 saturated carbocycles. The van der Waals surface area contributed by atoms with E-state index < -0.39 is 0 Å². The highest BCUT2D eigenvalue weighted by molar-refractivity contribution is 5.85. The van der Waals surface area contributed by atoms with E-state index in [2.05, 4.69) is 42.2 Å². The SMILES string of the molecule is C[C@@H]1C[C@@H](C(N)=O)c2ccccc2N1[C@@H]1C=CCCC1. The highest BCUT2D eigenvalue weighted by Gasteiger charge is 2.35. The number of fused-ring (bicyclic) bond motifs is 1. The number of benzene rings is 1. The van der Waals surface area contributed by atoms with Crippen molar-refractivity contribution >= 4 is 11.6 Å². The Bertz CT molecular complexity index is 538. The minimum atomic E-state index is -0.205. The highest BCUT2D eigenvalue weighted by atomic mass is 16.1. The molecule has 0 radical (unpaired) electrons. The Morgan fingerprint density at radius 3 is 2.85 bits per heavy atom. The molecule has 3 atom stereocenters. The standard InChI is InChI=1S/C17H22N2O/c1-12-11-15(17(18)20)14-9-5-6-10-16(14)19(12)13-7-3-2-4-8-13/h3,5-7,9-10,12-13,15H,2,4,8,11H2,1H3,(H2,18,20)/t12-,13-,15-/m1/s1. The van der Waals surface area contributed by atoms with Gasteiger partial charge in [-0.3, -0.25) is 4.79 Å². The molecule has 1 heterocycles. The van der Waals surface area contributed by atoms with Crippen molar-refractivity contribution in [3.05, 3.63) is 42.0 Å². The largest absolute Gasteiger partial charge is 0.369 e. The number of hydrogen-bond donors (Lipinski definition) is 1. The molecule has 2 N–H and O–H groups in total. The molecular weight excluding hydrogens is 248 g/mol. The Morgan fingerprint density at radius 2 is 2.15 bits per heavy atom. The molecule has 0 spiro atoms. The number of amides is 1. The minimum Gasteiger partial charge on any atom is -0.369 e. The number of hydrogen-bond acceptors (Lipinski definition) is 2. The number of anilines is 1. The molecule has 1 aromatic carbocycles. The van der Waals surface area contributed by atoms with Gasteiger partial charge in [0.15, 0.2) is 0 Å². The second-order valence-corrected chi connectivity index (χ2v) is 5.93. The molecule has 106 valence electrons. The van der Waals surface area contributed by atoms with Gasteiger partial charge >= 0.3 is 0 Å². The lowest BCUT2D eigenvalue weighted by molar-refractivity contribution is -0.119. The molecule has 0 fully saturated rings. The van der Waals surface area contributed by atoms with Crippen LogP contribution in [-0.4, -0.2) is 18.0 Å². The van der Waals surface area contributed by atoms with Crippen LogP contribution in [0.15, 0.2) is 36.4 Å². The Labute approximate surface area is 120 Å². The van der Waals surface area contributed by atoms with Gasteiger partial charge < -0.3 is 10.6 Å². The fourth-order valence-corrected chi connectivity index (χ4v) is 3.64. The lowest BCUT2D eigenvalue weighted by Gasteiger charge is -2.44. The first-order chi connectivity index (χ1) is 9.68. The van der Waals surface area contributed by atoms with E-state index in [0.29, 0.717) is 12.1 Å². The zero-order chi connectivity index (χ0) is 14.1. The number of nitrogens with two attached hydrogens (primary N) is 1. The summed E-state index contributed by atoms with van der Waals surface area (Å²) < 4.78 is 0. The number of carbonyl (C=O) groups excluding carboxylic acids is 1. The third-order valence-electron chi connectivity index (χ3n) is 4.57. The summed E-state index contributed by atoms with van der Waals surface area (Å²) >= 11 is 0. The summed E-state index contributed by atoms with van der Waals surface area (Å²) in [5, 5.41) is 0. The lowest BCUT2D eigenvalue weighted by atomic mass is 9.83. The Balaban J connectivity index is 2.02. The van der Waals surface area contributed by atoms with Crippen molar-refractivity contribution in [2.24, 2.45) is 5.73 Å². The van der Waals surface area contributed by atoms with Gasteiger partial charge in [-0.2, -0.15) is 0 Å². The van der Waals surface area contributed by atoms with E-state index in [1.54, 1.807) is 0 Å².